The standard InChI is InChI=1S/C28H36ClN5O4/c1-18-10-19(2)16-34(15-18)28-30-14-22(29)23(31-28)12-20-6-7-24-21(11-20)13-25(27(36)33(24)5)38-17-26(35)37-9-8-32(3)4/h6-7,11,13-14,18-19H,8-10,12,15-17H2,1-5H3/t18-,19+. The van der Waals surface area contributed by atoms with Crippen LogP contribution in [0.2, 0.25) is 5.02 Å². The average Bonchev–Trinajstić information content (AvgIpc) is 2.86. The number of fused-ring (bicyclic) bond motifs is 1. The van der Waals surface area contributed by atoms with E-state index in [0.717, 1.165) is 35.2 Å². The van der Waals surface area contributed by atoms with Crippen molar-refractivity contribution in [2.45, 2.75) is 26.7 Å². The van der Waals surface area contributed by atoms with Gasteiger partial charge in [0.2, 0.25) is 5.95 Å². The zero-order valence-electron chi connectivity index (χ0n) is 22.7. The van der Waals surface area contributed by atoms with E-state index in [2.05, 4.69) is 23.7 Å². The van der Waals surface area contributed by atoms with Crippen LogP contribution in [0.5, 0.6) is 5.75 Å². The second-order valence-electron chi connectivity index (χ2n) is 10.6. The number of piperidine rings is 1. The molecule has 38 heavy (non-hydrogen) atoms. The summed E-state index contributed by atoms with van der Waals surface area (Å²) in [6.45, 7) is 6.92. The number of carbonyl (C=O) groups is 1. The Morgan fingerprint density at radius 3 is 2.63 bits per heavy atom. The minimum atomic E-state index is -0.519. The first kappa shape index (κ1) is 27.9. The molecule has 1 fully saturated rings. The molecule has 0 radical (unpaired) electrons. The molecule has 1 saturated heterocycles. The molecule has 4 rings (SSSR count). The number of likely N-dealkylation sites (N-methyl/N-ethyl adjacent to an activating group) is 1. The molecule has 10 heteroatoms. The molecule has 2 aromatic heterocycles. The van der Waals surface area contributed by atoms with Crippen LogP contribution in [0.15, 0.2) is 35.3 Å². The predicted octanol–water partition coefficient (Wildman–Crippen LogP) is 3.54. The summed E-state index contributed by atoms with van der Waals surface area (Å²) >= 11 is 6.50. The van der Waals surface area contributed by atoms with Crippen molar-refractivity contribution < 1.29 is 14.3 Å². The number of esters is 1. The van der Waals surface area contributed by atoms with Crippen molar-refractivity contribution in [1.82, 2.24) is 19.4 Å². The van der Waals surface area contributed by atoms with Gasteiger partial charge in [-0.05, 0) is 56.1 Å². The summed E-state index contributed by atoms with van der Waals surface area (Å²) in [4.78, 5) is 38.3. The third-order valence-electron chi connectivity index (χ3n) is 6.73. The molecule has 2 atom stereocenters. The molecule has 0 saturated carbocycles. The molecule has 1 aromatic carbocycles. The first-order valence-electron chi connectivity index (χ1n) is 12.9. The molecule has 9 nitrogen and oxygen atoms in total. The lowest BCUT2D eigenvalue weighted by molar-refractivity contribution is -0.146. The van der Waals surface area contributed by atoms with Gasteiger partial charge in [-0.15, -0.1) is 0 Å². The summed E-state index contributed by atoms with van der Waals surface area (Å²) in [5, 5.41) is 1.33. The van der Waals surface area contributed by atoms with Gasteiger partial charge in [0, 0.05) is 38.5 Å². The van der Waals surface area contributed by atoms with Gasteiger partial charge in [0.15, 0.2) is 12.4 Å². The molecule has 204 valence electrons. The highest BCUT2D eigenvalue weighted by Gasteiger charge is 2.24. The summed E-state index contributed by atoms with van der Waals surface area (Å²) in [5.41, 5.74) is 2.17. The average molecular weight is 542 g/mol. The highest BCUT2D eigenvalue weighted by atomic mass is 35.5. The number of aromatic nitrogens is 3. The van der Waals surface area contributed by atoms with E-state index in [1.165, 1.54) is 11.0 Å². The predicted molar refractivity (Wildman–Crippen MR) is 149 cm³/mol. The van der Waals surface area contributed by atoms with Crippen molar-refractivity contribution in [2.75, 3.05) is 51.8 Å². The molecule has 0 unspecified atom stereocenters. The van der Waals surface area contributed by atoms with Gasteiger partial charge in [-0.2, -0.15) is 0 Å². The molecule has 1 aliphatic heterocycles. The van der Waals surface area contributed by atoms with Crippen molar-refractivity contribution >= 4 is 34.4 Å². The van der Waals surface area contributed by atoms with Gasteiger partial charge >= 0.3 is 5.97 Å². The number of hydrogen-bond donors (Lipinski definition) is 0. The lowest BCUT2D eigenvalue weighted by atomic mass is 9.92. The fraction of sp³-hybridized carbons (Fsp3) is 0.500. The Morgan fingerprint density at radius 2 is 1.92 bits per heavy atom. The number of anilines is 1. The van der Waals surface area contributed by atoms with Crippen LogP contribution in [0, 0.1) is 11.8 Å². The molecule has 0 N–H and O–H groups in total. The lowest BCUT2D eigenvalue weighted by Crippen LogP contribution is -2.39. The Balaban J connectivity index is 1.52. The van der Waals surface area contributed by atoms with Gasteiger partial charge in [-0.1, -0.05) is 31.5 Å². The monoisotopic (exact) mass is 541 g/mol. The maximum Gasteiger partial charge on any atom is 0.344 e. The van der Waals surface area contributed by atoms with Gasteiger partial charge in [0.1, 0.15) is 6.61 Å². The molecular formula is C28H36ClN5O4. The van der Waals surface area contributed by atoms with Gasteiger partial charge in [-0.3, -0.25) is 4.79 Å². The highest BCUT2D eigenvalue weighted by Crippen LogP contribution is 2.27. The number of pyridine rings is 1. The van der Waals surface area contributed by atoms with Gasteiger partial charge < -0.3 is 23.8 Å². The second-order valence-corrected chi connectivity index (χ2v) is 11.0. The lowest BCUT2D eigenvalue weighted by Gasteiger charge is -2.35. The molecular weight excluding hydrogens is 506 g/mol. The third-order valence-corrected chi connectivity index (χ3v) is 7.05. The van der Waals surface area contributed by atoms with Crippen LogP contribution in [0.1, 0.15) is 31.5 Å². The van der Waals surface area contributed by atoms with Crippen molar-refractivity contribution in [1.29, 1.82) is 0 Å². The summed E-state index contributed by atoms with van der Waals surface area (Å²) in [6.07, 6.45) is 3.40. The van der Waals surface area contributed by atoms with Crippen molar-refractivity contribution in [3.63, 3.8) is 0 Å². The Labute approximate surface area is 228 Å². The molecule has 1 aliphatic rings. The van der Waals surface area contributed by atoms with Crippen molar-refractivity contribution in [3.05, 3.63) is 57.1 Å². The summed E-state index contributed by atoms with van der Waals surface area (Å²) in [5.74, 6) is 1.46. The summed E-state index contributed by atoms with van der Waals surface area (Å²) in [7, 11) is 5.47. The second kappa shape index (κ2) is 12.1. The number of benzene rings is 1. The van der Waals surface area contributed by atoms with E-state index in [4.69, 9.17) is 26.1 Å². The van der Waals surface area contributed by atoms with Gasteiger partial charge in [0.05, 0.1) is 22.4 Å². The number of rotatable bonds is 9. The number of carbonyl (C=O) groups excluding carboxylic acids is 1. The highest BCUT2D eigenvalue weighted by molar-refractivity contribution is 6.31. The van der Waals surface area contributed by atoms with E-state index in [0.29, 0.717) is 35.8 Å². The van der Waals surface area contributed by atoms with Crippen molar-refractivity contribution in [3.8, 4) is 5.75 Å². The Bertz CT molecular complexity index is 1350. The molecule has 3 heterocycles. The quantitative estimate of drug-likeness (QED) is 0.380. The van der Waals surface area contributed by atoms with Crippen LogP contribution in [0.25, 0.3) is 10.9 Å². The zero-order valence-corrected chi connectivity index (χ0v) is 23.5. The maximum absolute atomic E-state index is 12.8. The van der Waals surface area contributed by atoms with E-state index < -0.39 is 5.97 Å². The Kier molecular flexibility index (Phi) is 8.89. The summed E-state index contributed by atoms with van der Waals surface area (Å²) in [6, 6.07) is 7.51. The van der Waals surface area contributed by atoms with Crippen LogP contribution in [0.4, 0.5) is 5.95 Å². The van der Waals surface area contributed by atoms with Crippen LogP contribution < -0.4 is 15.2 Å². The first-order chi connectivity index (χ1) is 18.1. The van der Waals surface area contributed by atoms with Crippen LogP contribution >= 0.6 is 11.6 Å². The SMILES string of the molecule is C[C@@H]1C[C@H](C)CN(c2ncc(Cl)c(Cc3ccc4c(c3)cc(OCC(=O)OCCN(C)C)c(=O)n4C)n2)C1. The van der Waals surface area contributed by atoms with E-state index >= 15 is 0 Å². The third kappa shape index (κ3) is 6.82. The van der Waals surface area contributed by atoms with Gasteiger partial charge in [0.25, 0.3) is 5.56 Å². The van der Waals surface area contributed by atoms with E-state index in [-0.39, 0.29) is 24.5 Å². The molecule has 0 spiro atoms. The number of hydrogen-bond acceptors (Lipinski definition) is 8. The van der Waals surface area contributed by atoms with Gasteiger partial charge in [-0.25, -0.2) is 14.8 Å². The smallest absolute Gasteiger partial charge is 0.344 e. The minimum absolute atomic E-state index is 0.0948. The minimum Gasteiger partial charge on any atom is -0.476 e. The van der Waals surface area contributed by atoms with E-state index in [1.807, 2.05) is 37.2 Å². The van der Waals surface area contributed by atoms with Crippen molar-refractivity contribution in [2.24, 2.45) is 18.9 Å². The number of aryl methyl sites for hydroxylation is 1. The molecule has 0 bridgehead atoms. The van der Waals surface area contributed by atoms with Crippen LogP contribution in [-0.2, 0) is 23.0 Å². The Morgan fingerprint density at radius 1 is 1.18 bits per heavy atom. The fourth-order valence-electron chi connectivity index (χ4n) is 4.92. The number of ether oxygens (including phenoxy) is 2. The van der Waals surface area contributed by atoms with E-state index in [1.54, 1.807) is 19.3 Å². The molecule has 0 aliphatic carbocycles. The Hall–Kier alpha value is -3.17. The molecule has 0 amide bonds. The fourth-order valence-corrected chi connectivity index (χ4v) is 5.08. The normalized spacial score (nSPS) is 17.7. The van der Waals surface area contributed by atoms with Crippen LogP contribution in [-0.4, -0.2) is 72.3 Å². The number of nitrogens with zero attached hydrogens (tertiary/aromatic N) is 5. The topological polar surface area (TPSA) is 89.8 Å². The van der Waals surface area contributed by atoms with E-state index in [9.17, 15) is 9.59 Å². The first-order valence-corrected chi connectivity index (χ1v) is 13.3. The number of halogens is 1. The largest absolute Gasteiger partial charge is 0.476 e. The maximum atomic E-state index is 12.8. The summed E-state index contributed by atoms with van der Waals surface area (Å²) < 4.78 is 12.2. The molecule has 3 aromatic rings. The van der Waals surface area contributed by atoms with Crippen LogP contribution in [0.3, 0.4) is 0 Å². The zero-order chi connectivity index (χ0) is 27.4.